The molecule has 9 amide bonds. The molecule has 3 heterocycles. The Morgan fingerprint density at radius 2 is 1.37 bits per heavy atom. The molecule has 5 rings (SSSR count). The van der Waals surface area contributed by atoms with E-state index in [1.54, 1.807) is 12.3 Å². The van der Waals surface area contributed by atoms with Gasteiger partial charge in [-0.15, -0.1) is 0 Å². The number of carboxylic acids is 1. The summed E-state index contributed by atoms with van der Waals surface area (Å²) in [6.45, 7) is 0.546. The second-order valence-corrected chi connectivity index (χ2v) is 20.9. The maximum absolute atomic E-state index is 14.7. The van der Waals surface area contributed by atoms with Crippen molar-refractivity contribution in [1.82, 2.24) is 57.5 Å². The van der Waals surface area contributed by atoms with E-state index < -0.39 is 121 Å². The lowest BCUT2D eigenvalue weighted by Gasteiger charge is -2.30. The molecule has 1 aromatic carbocycles. The Morgan fingerprint density at radius 3 is 2.04 bits per heavy atom. The highest BCUT2D eigenvalue weighted by Gasteiger charge is 2.36. The van der Waals surface area contributed by atoms with Crippen LogP contribution in [0.1, 0.15) is 82.4 Å². The van der Waals surface area contributed by atoms with E-state index in [9.17, 15) is 53.1 Å². The first-order chi connectivity index (χ1) is 35.9. The number of carbonyl (C=O) groups excluding carboxylic acids is 9. The SMILES string of the molecule is CC(=O)N[C@H]1CSSC[C@@H](C(N)=O)NC(=O)CNC(=O)[C@H](Cc2c[nH]c3ccccc23)NC(=O)[C@H](CCCN=C(N)N)NC(=O)[C@@H](CC2CCCCC2)NC(=O)[C@H](Cc2cnc[nH]2)NC(=O)[C@H](CCC(=O)O)NC1=O. The molecule has 17 N–H and O–H groups in total. The first kappa shape index (κ1) is 58.5. The van der Waals surface area contributed by atoms with Gasteiger partial charge in [-0.25, -0.2) is 4.98 Å². The number of para-hydroxylation sites is 1. The number of nitrogens with two attached hydrogens (primary N) is 3. The normalized spacial score (nSPS) is 23.7. The summed E-state index contributed by atoms with van der Waals surface area (Å²) in [7, 11) is 2.00. The molecule has 2 aromatic heterocycles. The number of hydrogen-bond acceptors (Lipinski definition) is 14. The van der Waals surface area contributed by atoms with Crippen LogP contribution >= 0.6 is 21.6 Å². The van der Waals surface area contributed by atoms with Gasteiger partial charge in [0, 0.05) is 73.2 Å². The van der Waals surface area contributed by atoms with E-state index in [0.29, 0.717) is 11.3 Å². The molecule has 26 nitrogen and oxygen atoms in total. The van der Waals surface area contributed by atoms with Crippen LogP contribution in [-0.4, -0.2) is 152 Å². The van der Waals surface area contributed by atoms with Crippen molar-refractivity contribution in [2.75, 3.05) is 24.6 Å². The second-order valence-electron chi connectivity index (χ2n) is 18.3. The van der Waals surface area contributed by atoms with E-state index in [-0.39, 0.29) is 62.0 Å². The molecule has 0 unspecified atom stereocenters. The van der Waals surface area contributed by atoms with Crippen LogP contribution in [0.5, 0.6) is 0 Å². The molecule has 3 aromatic rings. The Morgan fingerprint density at radius 1 is 0.747 bits per heavy atom. The summed E-state index contributed by atoms with van der Waals surface area (Å²) in [4.78, 5) is 150. The lowest BCUT2D eigenvalue weighted by atomic mass is 9.84. The maximum Gasteiger partial charge on any atom is 0.303 e. The number of primary amides is 1. The molecule has 75 heavy (non-hydrogen) atoms. The summed E-state index contributed by atoms with van der Waals surface area (Å²) in [6.07, 6.45) is 7.55. The second kappa shape index (κ2) is 29.5. The monoisotopic (exact) mass is 1080 g/mol. The summed E-state index contributed by atoms with van der Waals surface area (Å²) in [5.41, 5.74) is 18.5. The molecule has 7 atom stereocenters. The molecule has 1 saturated heterocycles. The van der Waals surface area contributed by atoms with Crippen molar-refractivity contribution in [1.29, 1.82) is 0 Å². The van der Waals surface area contributed by atoms with Crippen LogP contribution in [0.2, 0.25) is 0 Å². The number of aliphatic carboxylic acids is 1. The van der Waals surface area contributed by atoms with Crippen LogP contribution in [0, 0.1) is 5.92 Å². The Bertz CT molecular complexity index is 2520. The van der Waals surface area contributed by atoms with Gasteiger partial charge < -0.3 is 74.8 Å². The predicted molar refractivity (Wildman–Crippen MR) is 279 cm³/mol. The predicted octanol–water partition coefficient (Wildman–Crippen LogP) is -2.03. The fourth-order valence-electron chi connectivity index (χ4n) is 8.60. The Labute approximate surface area is 439 Å². The van der Waals surface area contributed by atoms with Crippen LogP contribution in [-0.2, 0) is 60.8 Å². The minimum atomic E-state index is -1.56. The van der Waals surface area contributed by atoms with Crippen molar-refractivity contribution in [3.05, 3.63) is 54.2 Å². The Kier molecular flexibility index (Phi) is 23.0. The molecule has 0 bridgehead atoms. The molecule has 28 heteroatoms. The third kappa shape index (κ3) is 19.5. The molecule has 408 valence electrons. The van der Waals surface area contributed by atoms with Gasteiger partial charge in [0.2, 0.25) is 53.2 Å². The highest BCUT2D eigenvalue weighted by molar-refractivity contribution is 8.76. The van der Waals surface area contributed by atoms with Gasteiger partial charge in [-0.05, 0) is 43.2 Å². The lowest BCUT2D eigenvalue weighted by molar-refractivity contribution is -0.138. The smallest absolute Gasteiger partial charge is 0.303 e. The van der Waals surface area contributed by atoms with Crippen LogP contribution < -0.4 is 59.7 Å². The number of fused-ring (bicyclic) bond motifs is 1. The van der Waals surface area contributed by atoms with Crippen LogP contribution in [0.4, 0.5) is 0 Å². The summed E-state index contributed by atoms with van der Waals surface area (Å²) in [5, 5.41) is 31.3. The molecule has 0 spiro atoms. The maximum atomic E-state index is 14.7. The lowest BCUT2D eigenvalue weighted by Crippen LogP contribution is -2.60. The number of aromatic amines is 2. The summed E-state index contributed by atoms with van der Waals surface area (Å²) >= 11 is 0. The molecule has 1 saturated carbocycles. The highest BCUT2D eigenvalue weighted by Crippen LogP contribution is 2.28. The van der Waals surface area contributed by atoms with Crippen molar-refractivity contribution in [2.45, 2.75) is 126 Å². The number of benzene rings is 1. The van der Waals surface area contributed by atoms with Gasteiger partial charge in [0.05, 0.1) is 12.9 Å². The Balaban J connectivity index is 1.54. The van der Waals surface area contributed by atoms with E-state index >= 15 is 0 Å². The van der Waals surface area contributed by atoms with Gasteiger partial charge in [-0.2, -0.15) is 0 Å². The molecule has 2 aliphatic rings. The van der Waals surface area contributed by atoms with Gasteiger partial charge in [0.1, 0.15) is 42.3 Å². The Hall–Kier alpha value is -7.36. The number of nitrogens with zero attached hydrogens (tertiary/aromatic N) is 2. The standard InChI is InChI=1S/C47H67N15O11S2/c1-25(63)56-37-23-75-74-22-36(40(48)67)57-38(64)21-54-41(68)34(17-27-19-53-30-11-6-5-10-29(27)30)61-42(69)31(12-7-15-52-47(49)50)58-44(71)33(16-26-8-3-2-4-9-26)60-45(72)35(18-28-20-51-24-55-28)62-43(70)32(59-46(37)73)13-14-39(65)66/h5-6,10-11,19-20,24,26,31-37,53H,2-4,7-9,12-18,21-23H2,1H3,(H2,48,67)(H,51,55)(H,54,68)(H,56,63)(H,57,64)(H,58,71)(H,59,73)(H,60,72)(H,61,69)(H,62,70)(H,65,66)(H4,49,50,52)/t31-,32-,33+,34-,35-,36-,37-/m0/s1. The first-order valence-corrected chi connectivity index (χ1v) is 27.0. The number of imidazole rings is 1. The number of amides is 9. The zero-order valence-corrected chi connectivity index (χ0v) is 43.1. The average Bonchev–Trinajstić information content (AvgIpc) is 4.05. The molecule has 0 radical (unpaired) electrons. The number of nitrogens with one attached hydrogen (secondary N) is 10. The van der Waals surface area contributed by atoms with Crippen molar-refractivity contribution in [3.63, 3.8) is 0 Å². The zero-order valence-electron chi connectivity index (χ0n) is 41.4. The van der Waals surface area contributed by atoms with E-state index in [1.807, 2.05) is 18.2 Å². The van der Waals surface area contributed by atoms with Crippen molar-refractivity contribution >= 4 is 97.6 Å². The van der Waals surface area contributed by atoms with Crippen LogP contribution in [0.25, 0.3) is 10.9 Å². The summed E-state index contributed by atoms with van der Waals surface area (Å²) in [5.74, 6) is -9.28. The quantitative estimate of drug-likeness (QED) is 0.0338. The number of aliphatic imine (C=N–C) groups is 1. The molecule has 1 aliphatic heterocycles. The number of carbonyl (C=O) groups is 10. The van der Waals surface area contributed by atoms with Gasteiger partial charge in [0.15, 0.2) is 5.96 Å². The topological polar surface area (TPSA) is 422 Å². The molecular formula is C47H67N15O11S2. The van der Waals surface area contributed by atoms with E-state index in [0.717, 1.165) is 71.5 Å². The van der Waals surface area contributed by atoms with E-state index in [2.05, 4.69) is 62.5 Å². The van der Waals surface area contributed by atoms with E-state index in [4.69, 9.17) is 17.2 Å². The summed E-state index contributed by atoms with van der Waals surface area (Å²) in [6, 6.07) is -2.36. The molecular weight excluding hydrogens is 1010 g/mol. The number of guanidine groups is 1. The largest absolute Gasteiger partial charge is 0.481 e. The average molecular weight is 1080 g/mol. The van der Waals surface area contributed by atoms with Gasteiger partial charge in [0.25, 0.3) is 0 Å². The highest BCUT2D eigenvalue weighted by atomic mass is 33.1. The number of carboxylic acid groups (broad SMARTS) is 1. The van der Waals surface area contributed by atoms with Gasteiger partial charge in [-0.3, -0.25) is 52.9 Å². The molecule has 1 aliphatic carbocycles. The minimum absolute atomic E-state index is 0.0339. The number of rotatable bonds is 15. The van der Waals surface area contributed by atoms with Crippen molar-refractivity contribution < 1.29 is 53.1 Å². The number of aromatic nitrogens is 3. The minimum Gasteiger partial charge on any atom is -0.481 e. The number of H-pyrrole nitrogens is 2. The number of hydrogen-bond donors (Lipinski definition) is 14. The third-order valence-corrected chi connectivity index (χ3v) is 14.9. The zero-order chi connectivity index (χ0) is 54.4. The van der Waals surface area contributed by atoms with Gasteiger partial charge >= 0.3 is 5.97 Å². The van der Waals surface area contributed by atoms with Crippen molar-refractivity contribution in [3.8, 4) is 0 Å². The van der Waals surface area contributed by atoms with Crippen molar-refractivity contribution in [2.24, 2.45) is 28.1 Å². The third-order valence-electron chi connectivity index (χ3n) is 12.5. The first-order valence-electron chi connectivity index (χ1n) is 24.6. The summed E-state index contributed by atoms with van der Waals surface area (Å²) < 4.78 is 0. The van der Waals surface area contributed by atoms with Gasteiger partial charge in [-0.1, -0.05) is 71.9 Å². The van der Waals surface area contributed by atoms with Crippen LogP contribution in [0.15, 0.2) is 48.0 Å². The molecule has 2 fully saturated rings. The van der Waals surface area contributed by atoms with E-state index in [1.165, 1.54) is 12.5 Å². The fraction of sp³-hybridized carbons (Fsp3) is 0.532. The van der Waals surface area contributed by atoms with Crippen LogP contribution in [0.3, 0.4) is 0 Å². The fourth-order valence-corrected chi connectivity index (χ4v) is 10.9.